The average molecular weight is 372 g/mol. The Morgan fingerprint density at radius 3 is 2.19 bits per heavy atom. The van der Waals surface area contributed by atoms with Crippen molar-refractivity contribution in [3.8, 4) is 11.5 Å². The third kappa shape index (κ3) is 2.88. The molecule has 1 heterocycles. The second kappa shape index (κ2) is 6.92. The van der Waals surface area contributed by atoms with Crippen LogP contribution in [-0.2, 0) is 9.59 Å². The number of thiol groups is 1. The van der Waals surface area contributed by atoms with Crippen LogP contribution in [0.5, 0.6) is 11.5 Å². The van der Waals surface area contributed by atoms with Gasteiger partial charge in [0.15, 0.2) is 5.50 Å². The van der Waals surface area contributed by atoms with E-state index in [1.165, 1.54) is 9.80 Å². The Bertz CT molecular complexity index is 896. The lowest BCUT2D eigenvalue weighted by Gasteiger charge is -2.37. The van der Waals surface area contributed by atoms with Gasteiger partial charge in [-0.05, 0) is 35.0 Å². The van der Waals surface area contributed by atoms with Crippen molar-refractivity contribution in [2.24, 2.45) is 0 Å². The molecule has 1 aliphatic heterocycles. The molecular formula is C19H20N2O4S. The number of ether oxygens (including phenoxy) is 2. The highest BCUT2D eigenvalue weighted by atomic mass is 32.1. The van der Waals surface area contributed by atoms with E-state index in [2.05, 4.69) is 12.6 Å². The van der Waals surface area contributed by atoms with E-state index in [1.807, 2.05) is 30.3 Å². The van der Waals surface area contributed by atoms with Crippen LogP contribution in [0.25, 0.3) is 16.8 Å². The number of fused-ring (bicyclic) bond motifs is 1. The molecule has 6 nitrogen and oxygen atoms in total. The van der Waals surface area contributed by atoms with Crippen molar-refractivity contribution < 1.29 is 19.1 Å². The first-order chi connectivity index (χ1) is 12.4. The van der Waals surface area contributed by atoms with E-state index >= 15 is 0 Å². The Balaban J connectivity index is 2.25. The Morgan fingerprint density at radius 2 is 1.62 bits per heavy atom. The molecule has 0 radical (unpaired) electrons. The van der Waals surface area contributed by atoms with Crippen molar-refractivity contribution >= 4 is 41.3 Å². The topological polar surface area (TPSA) is 59.1 Å². The summed E-state index contributed by atoms with van der Waals surface area (Å²) >= 11 is 4.30. The number of benzene rings is 2. The van der Waals surface area contributed by atoms with Crippen molar-refractivity contribution in [1.29, 1.82) is 0 Å². The summed E-state index contributed by atoms with van der Waals surface area (Å²) in [7, 11) is 6.36. The highest BCUT2D eigenvalue weighted by Gasteiger charge is 2.37. The van der Waals surface area contributed by atoms with E-state index in [-0.39, 0.29) is 17.4 Å². The maximum atomic E-state index is 12.7. The molecule has 0 aliphatic carbocycles. The standard InChI is InChI=1S/C19H20N2O4S/c1-20-17(22)15(18(23)21(2)19(20)26)10-14-13-9-12(24-3)7-5-11(13)6-8-16(14)25-4/h5-10,19,26H,1-4H3. The smallest absolute Gasteiger partial charge is 0.261 e. The van der Waals surface area contributed by atoms with E-state index in [4.69, 9.17) is 9.47 Å². The van der Waals surface area contributed by atoms with E-state index in [0.29, 0.717) is 17.1 Å². The lowest BCUT2D eigenvalue weighted by Crippen LogP contribution is -2.54. The minimum atomic E-state index is -0.596. The summed E-state index contributed by atoms with van der Waals surface area (Å²) in [6.07, 6.45) is 1.58. The van der Waals surface area contributed by atoms with Crippen molar-refractivity contribution in [2.75, 3.05) is 28.3 Å². The number of likely N-dealkylation sites (N-methyl/N-ethyl adjacent to an activating group) is 2. The minimum Gasteiger partial charge on any atom is -0.497 e. The predicted molar refractivity (Wildman–Crippen MR) is 103 cm³/mol. The van der Waals surface area contributed by atoms with Gasteiger partial charge >= 0.3 is 0 Å². The molecule has 2 aromatic rings. The zero-order valence-corrected chi connectivity index (χ0v) is 15.9. The van der Waals surface area contributed by atoms with Gasteiger partial charge in [-0.2, -0.15) is 0 Å². The molecule has 0 N–H and O–H groups in total. The molecule has 2 aromatic carbocycles. The Kier molecular flexibility index (Phi) is 4.82. The van der Waals surface area contributed by atoms with Gasteiger partial charge in [0, 0.05) is 19.7 Å². The summed E-state index contributed by atoms with van der Waals surface area (Å²) in [5, 5.41) is 1.78. The lowest BCUT2D eigenvalue weighted by atomic mass is 9.99. The van der Waals surface area contributed by atoms with Gasteiger partial charge in [0.05, 0.1) is 14.2 Å². The Morgan fingerprint density at radius 1 is 1.00 bits per heavy atom. The SMILES string of the molecule is COc1ccc2ccc(OC)c(C=C3C(=O)N(C)C(S)N(C)C3=O)c2c1. The molecule has 0 atom stereocenters. The van der Waals surface area contributed by atoms with Crippen LogP contribution in [0.4, 0.5) is 0 Å². The molecule has 7 heteroatoms. The fourth-order valence-electron chi connectivity index (χ4n) is 2.96. The van der Waals surface area contributed by atoms with Gasteiger partial charge in [0.25, 0.3) is 11.8 Å². The molecule has 1 fully saturated rings. The van der Waals surface area contributed by atoms with Crippen LogP contribution in [0, 0.1) is 0 Å². The average Bonchev–Trinajstić information content (AvgIpc) is 2.67. The molecule has 0 unspecified atom stereocenters. The molecule has 0 bridgehead atoms. The summed E-state index contributed by atoms with van der Waals surface area (Å²) in [6, 6.07) is 9.37. The van der Waals surface area contributed by atoms with Crippen LogP contribution in [0.1, 0.15) is 5.56 Å². The molecule has 1 saturated heterocycles. The fraction of sp³-hybridized carbons (Fsp3) is 0.263. The second-order valence-corrected chi connectivity index (χ2v) is 6.47. The molecular weight excluding hydrogens is 352 g/mol. The largest absolute Gasteiger partial charge is 0.497 e. The summed E-state index contributed by atoms with van der Waals surface area (Å²) in [4.78, 5) is 28.1. The van der Waals surface area contributed by atoms with E-state index < -0.39 is 5.50 Å². The van der Waals surface area contributed by atoms with Gasteiger partial charge in [-0.25, -0.2) is 0 Å². The van der Waals surface area contributed by atoms with Crippen molar-refractivity contribution in [2.45, 2.75) is 5.50 Å². The number of carbonyl (C=O) groups is 2. The number of amides is 2. The summed E-state index contributed by atoms with van der Waals surface area (Å²) in [5.41, 5.74) is 0.121. The maximum absolute atomic E-state index is 12.7. The molecule has 26 heavy (non-hydrogen) atoms. The van der Waals surface area contributed by atoms with Gasteiger partial charge in [-0.1, -0.05) is 12.1 Å². The highest BCUT2D eigenvalue weighted by molar-refractivity contribution is 7.80. The van der Waals surface area contributed by atoms with E-state index in [9.17, 15) is 9.59 Å². The molecule has 0 aromatic heterocycles. The first kappa shape index (κ1) is 18.1. The van der Waals surface area contributed by atoms with Crippen LogP contribution in [0.2, 0.25) is 0 Å². The normalized spacial score (nSPS) is 17.7. The van der Waals surface area contributed by atoms with E-state index in [1.54, 1.807) is 34.4 Å². The summed E-state index contributed by atoms with van der Waals surface area (Å²) in [5.74, 6) is 0.485. The number of rotatable bonds is 3. The number of hydrogen-bond donors (Lipinski definition) is 1. The van der Waals surface area contributed by atoms with Gasteiger partial charge in [-0.15, -0.1) is 12.6 Å². The Labute approximate surface area is 157 Å². The fourth-order valence-corrected chi connectivity index (χ4v) is 3.17. The van der Waals surface area contributed by atoms with Crippen molar-refractivity contribution in [3.05, 3.63) is 41.5 Å². The summed E-state index contributed by atoms with van der Waals surface area (Å²) in [6.45, 7) is 0. The van der Waals surface area contributed by atoms with E-state index in [0.717, 1.165) is 10.8 Å². The third-order valence-electron chi connectivity index (χ3n) is 4.53. The first-order valence-electron chi connectivity index (χ1n) is 7.98. The zero-order valence-electron chi connectivity index (χ0n) is 15.0. The molecule has 3 rings (SSSR count). The van der Waals surface area contributed by atoms with Crippen LogP contribution in [0.3, 0.4) is 0 Å². The quantitative estimate of drug-likeness (QED) is 0.511. The molecule has 1 aliphatic rings. The number of hydrogen-bond acceptors (Lipinski definition) is 5. The highest BCUT2D eigenvalue weighted by Crippen LogP contribution is 2.34. The van der Waals surface area contributed by atoms with Gasteiger partial charge < -0.3 is 19.3 Å². The summed E-state index contributed by atoms with van der Waals surface area (Å²) < 4.78 is 10.8. The second-order valence-electron chi connectivity index (χ2n) is 6.01. The molecule has 2 amide bonds. The Hall–Kier alpha value is -2.67. The molecule has 0 spiro atoms. The van der Waals surface area contributed by atoms with Crippen LogP contribution < -0.4 is 9.47 Å². The third-order valence-corrected chi connectivity index (χ3v) is 5.23. The molecule has 136 valence electrons. The monoisotopic (exact) mass is 372 g/mol. The van der Waals surface area contributed by atoms with Gasteiger partial charge in [0.1, 0.15) is 17.1 Å². The van der Waals surface area contributed by atoms with Crippen molar-refractivity contribution in [3.63, 3.8) is 0 Å². The van der Waals surface area contributed by atoms with Crippen LogP contribution in [-0.4, -0.2) is 55.4 Å². The molecule has 0 saturated carbocycles. The number of carbonyl (C=O) groups excluding carboxylic acids is 2. The maximum Gasteiger partial charge on any atom is 0.261 e. The first-order valence-corrected chi connectivity index (χ1v) is 8.49. The van der Waals surface area contributed by atoms with Gasteiger partial charge in [-0.3, -0.25) is 9.59 Å². The van der Waals surface area contributed by atoms with Crippen molar-refractivity contribution in [1.82, 2.24) is 9.80 Å². The lowest BCUT2D eigenvalue weighted by molar-refractivity contribution is -0.142. The van der Waals surface area contributed by atoms with Gasteiger partial charge in [0.2, 0.25) is 0 Å². The van der Waals surface area contributed by atoms with Crippen LogP contribution >= 0.6 is 12.6 Å². The van der Waals surface area contributed by atoms with Crippen LogP contribution in [0.15, 0.2) is 35.9 Å². The minimum absolute atomic E-state index is 0.0638. The number of methoxy groups -OCH3 is 2. The zero-order chi connectivity index (χ0) is 19.0. The number of nitrogens with zero attached hydrogens (tertiary/aromatic N) is 2. The predicted octanol–water partition coefficient (Wildman–Crippen LogP) is 2.38.